The molecule has 0 saturated carbocycles. The molecule has 4 rings (SSSR count). The molecule has 0 radical (unpaired) electrons. The minimum Gasteiger partial charge on any atom is -0.381 e. The van der Waals surface area contributed by atoms with Crippen LogP contribution in [0.15, 0.2) is 16.3 Å². The van der Waals surface area contributed by atoms with Gasteiger partial charge in [-0.05, 0) is 45.4 Å². The van der Waals surface area contributed by atoms with Gasteiger partial charge in [0.15, 0.2) is 6.29 Å². The van der Waals surface area contributed by atoms with E-state index in [2.05, 4.69) is 34.8 Å². The van der Waals surface area contributed by atoms with Gasteiger partial charge in [-0.25, -0.2) is 4.79 Å². The maximum atomic E-state index is 12.9. The number of hydrogen-bond acceptors (Lipinski definition) is 6. The van der Waals surface area contributed by atoms with Crippen molar-refractivity contribution >= 4 is 12.2 Å². The van der Waals surface area contributed by atoms with Gasteiger partial charge in [-0.15, -0.1) is 0 Å². The first-order valence-electron chi connectivity index (χ1n) is 10.5. The van der Waals surface area contributed by atoms with Crippen LogP contribution >= 0.6 is 0 Å². The predicted molar refractivity (Wildman–Crippen MR) is 107 cm³/mol. The lowest BCUT2D eigenvalue weighted by molar-refractivity contribution is 0.0660. The topological polar surface area (TPSA) is 87.2 Å². The Hall–Kier alpha value is -1.64. The number of urea groups is 1. The van der Waals surface area contributed by atoms with Crippen LogP contribution in [0.25, 0.3) is 0 Å². The summed E-state index contributed by atoms with van der Waals surface area (Å²) in [6.07, 6.45) is 5.85. The number of nitrogens with zero attached hydrogens (tertiary/aromatic N) is 2. The van der Waals surface area contributed by atoms with E-state index < -0.39 is 0 Å². The van der Waals surface area contributed by atoms with Crippen LogP contribution < -0.4 is 16.0 Å². The van der Waals surface area contributed by atoms with E-state index in [1.54, 1.807) is 0 Å². The van der Waals surface area contributed by atoms with Gasteiger partial charge in [0.05, 0.1) is 12.1 Å². The lowest BCUT2D eigenvalue weighted by Crippen LogP contribution is -2.51. The molecule has 2 saturated heterocycles. The first-order chi connectivity index (χ1) is 13.5. The summed E-state index contributed by atoms with van der Waals surface area (Å²) in [6, 6.07) is 0.411. The van der Waals surface area contributed by atoms with Crippen molar-refractivity contribution in [3.8, 4) is 0 Å². The molecule has 2 fully saturated rings. The van der Waals surface area contributed by atoms with Gasteiger partial charge in [-0.2, -0.15) is 0 Å². The highest BCUT2D eigenvalue weighted by Gasteiger charge is 2.43. The van der Waals surface area contributed by atoms with Gasteiger partial charge in [0.2, 0.25) is 0 Å². The lowest BCUT2D eigenvalue weighted by Gasteiger charge is -2.34. The zero-order valence-electron chi connectivity index (χ0n) is 17.0. The third kappa shape index (κ3) is 4.18. The maximum absolute atomic E-state index is 12.9. The Balaban J connectivity index is 1.32. The van der Waals surface area contributed by atoms with Crippen molar-refractivity contribution < 1.29 is 14.3 Å². The molecule has 0 aromatic rings. The Morgan fingerprint density at radius 3 is 2.61 bits per heavy atom. The Labute approximate surface area is 167 Å². The van der Waals surface area contributed by atoms with Gasteiger partial charge >= 0.3 is 6.03 Å². The van der Waals surface area contributed by atoms with Crippen LogP contribution in [0, 0.1) is 5.92 Å². The third-order valence-corrected chi connectivity index (χ3v) is 6.38. The molecule has 2 amide bonds. The van der Waals surface area contributed by atoms with Gasteiger partial charge in [0.1, 0.15) is 0 Å². The molecule has 0 aromatic heterocycles. The van der Waals surface area contributed by atoms with Crippen molar-refractivity contribution in [2.45, 2.75) is 57.4 Å². The molecular formula is C20H33N5O3. The molecule has 156 valence electrons. The van der Waals surface area contributed by atoms with Crippen molar-refractivity contribution in [1.82, 2.24) is 20.9 Å². The van der Waals surface area contributed by atoms with E-state index >= 15 is 0 Å². The van der Waals surface area contributed by atoms with Gasteiger partial charge in [-0.1, -0.05) is 0 Å². The Kier molecular flexibility index (Phi) is 5.89. The fourth-order valence-corrected chi connectivity index (χ4v) is 4.44. The van der Waals surface area contributed by atoms with Crippen LogP contribution in [0.2, 0.25) is 0 Å². The summed E-state index contributed by atoms with van der Waals surface area (Å²) >= 11 is 0. The zero-order chi connectivity index (χ0) is 19.6. The molecule has 4 aliphatic heterocycles. The highest BCUT2D eigenvalue weighted by atomic mass is 16.5. The number of hydrogen-bond donors (Lipinski definition) is 3. The predicted octanol–water partition coefficient (Wildman–Crippen LogP) is 1.20. The van der Waals surface area contributed by atoms with E-state index in [0.29, 0.717) is 18.5 Å². The molecule has 4 aliphatic rings. The van der Waals surface area contributed by atoms with Crippen LogP contribution in [0.1, 0.15) is 39.5 Å². The number of nitrogens with one attached hydrogen (secondary N) is 3. The third-order valence-electron chi connectivity index (χ3n) is 6.38. The highest BCUT2D eigenvalue weighted by molar-refractivity contribution is 5.88. The summed E-state index contributed by atoms with van der Waals surface area (Å²) in [4.78, 5) is 19.5. The molecule has 1 atom stereocenters. The molecule has 3 N–H and O–H groups in total. The van der Waals surface area contributed by atoms with E-state index in [0.717, 1.165) is 69.9 Å². The van der Waals surface area contributed by atoms with Crippen LogP contribution in [-0.2, 0) is 9.47 Å². The Morgan fingerprint density at radius 1 is 1.21 bits per heavy atom. The normalized spacial score (nSPS) is 28.2. The minimum atomic E-state index is -0.380. The number of carbonyl (C=O) groups is 1. The molecule has 8 nitrogen and oxygen atoms in total. The summed E-state index contributed by atoms with van der Waals surface area (Å²) in [5.41, 5.74) is 1.81. The number of amides is 2. The molecule has 0 bridgehead atoms. The largest absolute Gasteiger partial charge is 0.381 e. The van der Waals surface area contributed by atoms with Crippen molar-refractivity contribution in [2.75, 3.05) is 39.5 Å². The Bertz CT molecular complexity index is 636. The second kappa shape index (κ2) is 8.39. The summed E-state index contributed by atoms with van der Waals surface area (Å²) in [5.74, 6) is 0.513. The van der Waals surface area contributed by atoms with Crippen LogP contribution in [0.5, 0.6) is 0 Å². The SMILES string of the molecule is CC1(C)C2=C(CN1C(=O)NCC1CCOCC1)NC(NC1CCOCC1)N=C2. The van der Waals surface area contributed by atoms with Crippen molar-refractivity contribution in [3.63, 3.8) is 0 Å². The van der Waals surface area contributed by atoms with Crippen LogP contribution in [0.3, 0.4) is 0 Å². The summed E-state index contributed by atoms with van der Waals surface area (Å²) in [6.45, 7) is 8.68. The van der Waals surface area contributed by atoms with Gasteiger partial charge in [-0.3, -0.25) is 10.3 Å². The molecule has 0 spiro atoms. The van der Waals surface area contributed by atoms with Crippen molar-refractivity contribution in [1.29, 1.82) is 0 Å². The molecular weight excluding hydrogens is 358 g/mol. The first-order valence-corrected chi connectivity index (χ1v) is 10.5. The minimum absolute atomic E-state index is 0.00460. The summed E-state index contributed by atoms with van der Waals surface area (Å²) in [7, 11) is 0. The van der Waals surface area contributed by atoms with Gasteiger partial charge in [0, 0.05) is 56.5 Å². The van der Waals surface area contributed by atoms with Crippen molar-refractivity contribution in [3.05, 3.63) is 11.3 Å². The van der Waals surface area contributed by atoms with Crippen molar-refractivity contribution in [2.24, 2.45) is 10.9 Å². The van der Waals surface area contributed by atoms with E-state index in [1.807, 2.05) is 11.1 Å². The standard InChI is InChI=1S/C20H33N5O3/c1-20(2)16-12-21-18(23-15-5-9-28-10-6-15)24-17(16)13-25(20)19(26)22-11-14-3-7-27-8-4-14/h12,14-15,18,23-24H,3-11,13H2,1-2H3,(H,22,26). The smallest absolute Gasteiger partial charge is 0.318 e. The average Bonchev–Trinajstić information content (AvgIpc) is 2.98. The quantitative estimate of drug-likeness (QED) is 0.670. The van der Waals surface area contributed by atoms with E-state index in [9.17, 15) is 4.79 Å². The van der Waals surface area contributed by atoms with Gasteiger partial charge in [0.25, 0.3) is 0 Å². The molecule has 1 unspecified atom stereocenters. The molecule has 0 aliphatic carbocycles. The highest BCUT2D eigenvalue weighted by Crippen LogP contribution is 2.34. The second-order valence-corrected chi connectivity index (χ2v) is 8.66. The lowest BCUT2D eigenvalue weighted by atomic mass is 9.95. The summed E-state index contributed by atoms with van der Waals surface area (Å²) in [5, 5.41) is 10.2. The van der Waals surface area contributed by atoms with E-state index in [1.165, 1.54) is 0 Å². The number of rotatable bonds is 4. The number of carbonyl (C=O) groups excluding carboxylic acids is 1. The zero-order valence-corrected chi connectivity index (χ0v) is 17.0. The van der Waals surface area contributed by atoms with E-state index in [4.69, 9.17) is 9.47 Å². The molecule has 4 heterocycles. The first kappa shape index (κ1) is 19.7. The monoisotopic (exact) mass is 391 g/mol. The van der Waals surface area contributed by atoms with Gasteiger partial charge < -0.3 is 25.0 Å². The number of ether oxygens (including phenoxy) is 2. The van der Waals surface area contributed by atoms with E-state index in [-0.39, 0.29) is 17.9 Å². The average molecular weight is 392 g/mol. The maximum Gasteiger partial charge on any atom is 0.318 e. The molecule has 0 aromatic carbocycles. The fraction of sp³-hybridized carbons (Fsp3) is 0.800. The molecule has 28 heavy (non-hydrogen) atoms. The second-order valence-electron chi connectivity index (χ2n) is 8.66. The molecule has 8 heteroatoms. The number of aliphatic imine (C=N–C) groups is 1. The fourth-order valence-electron chi connectivity index (χ4n) is 4.44. The Morgan fingerprint density at radius 2 is 1.89 bits per heavy atom. The van der Waals surface area contributed by atoms with Crippen LogP contribution in [-0.4, -0.2) is 74.5 Å². The summed E-state index contributed by atoms with van der Waals surface area (Å²) < 4.78 is 10.8. The van der Waals surface area contributed by atoms with Crippen LogP contribution in [0.4, 0.5) is 4.79 Å².